The lowest BCUT2D eigenvalue weighted by molar-refractivity contribution is 0.236. The van der Waals surface area contributed by atoms with Crippen molar-refractivity contribution in [1.82, 2.24) is 4.90 Å². The summed E-state index contributed by atoms with van der Waals surface area (Å²) in [6.07, 6.45) is 2.36. The van der Waals surface area contributed by atoms with Gasteiger partial charge in [-0.05, 0) is 48.7 Å². The topological polar surface area (TPSA) is 3.24 Å². The van der Waals surface area contributed by atoms with Gasteiger partial charge in [0.1, 0.15) is 0 Å². The molecule has 0 bridgehead atoms. The minimum atomic E-state index is 0.501. The predicted molar refractivity (Wildman–Crippen MR) is 85.4 cm³/mol. The molecule has 0 aromatic heterocycles. The molecular weight excluding hydrogens is 289 g/mol. The van der Waals surface area contributed by atoms with E-state index in [0.29, 0.717) is 16.1 Å². The van der Waals surface area contributed by atoms with Gasteiger partial charge >= 0.3 is 0 Å². The first kappa shape index (κ1) is 13.9. The first-order valence-electron chi connectivity index (χ1n) is 6.87. The van der Waals surface area contributed by atoms with Crippen LogP contribution in [0, 0.1) is 0 Å². The molecule has 0 radical (unpaired) electrons. The van der Waals surface area contributed by atoms with E-state index in [1.807, 2.05) is 18.2 Å². The molecule has 20 heavy (non-hydrogen) atoms. The molecule has 3 rings (SSSR count). The van der Waals surface area contributed by atoms with Crippen LogP contribution in [0.15, 0.2) is 42.5 Å². The summed E-state index contributed by atoms with van der Waals surface area (Å²) >= 11 is 12.1. The summed E-state index contributed by atoms with van der Waals surface area (Å²) in [7, 11) is 2.18. The van der Waals surface area contributed by atoms with E-state index >= 15 is 0 Å². The lowest BCUT2D eigenvalue weighted by atomic mass is 10.1. The SMILES string of the molecule is CN(Cc1ccc(Cl)c(Cl)c1)C1CCc2ccccc21. The van der Waals surface area contributed by atoms with Gasteiger partial charge < -0.3 is 0 Å². The highest BCUT2D eigenvalue weighted by molar-refractivity contribution is 6.42. The van der Waals surface area contributed by atoms with Crippen LogP contribution in [-0.2, 0) is 13.0 Å². The molecule has 1 aliphatic rings. The number of hydrogen-bond acceptors (Lipinski definition) is 1. The molecule has 0 fully saturated rings. The van der Waals surface area contributed by atoms with Gasteiger partial charge in [0.2, 0.25) is 0 Å². The van der Waals surface area contributed by atoms with Crippen molar-refractivity contribution in [1.29, 1.82) is 0 Å². The molecule has 1 nitrogen and oxygen atoms in total. The molecule has 0 spiro atoms. The molecule has 0 amide bonds. The Kier molecular flexibility index (Phi) is 4.02. The molecule has 104 valence electrons. The van der Waals surface area contributed by atoms with E-state index in [-0.39, 0.29) is 0 Å². The molecule has 0 aliphatic heterocycles. The third-order valence-corrected chi connectivity index (χ3v) is 4.79. The molecule has 2 aromatic rings. The largest absolute Gasteiger partial charge is 0.295 e. The Balaban J connectivity index is 1.77. The zero-order valence-corrected chi connectivity index (χ0v) is 13.0. The highest BCUT2D eigenvalue weighted by atomic mass is 35.5. The van der Waals surface area contributed by atoms with E-state index < -0.39 is 0 Å². The third kappa shape index (κ3) is 2.71. The summed E-state index contributed by atoms with van der Waals surface area (Å²) in [5, 5.41) is 1.24. The molecule has 0 N–H and O–H groups in total. The fourth-order valence-electron chi connectivity index (χ4n) is 3.03. The number of benzene rings is 2. The highest BCUT2D eigenvalue weighted by Gasteiger charge is 2.25. The van der Waals surface area contributed by atoms with Crippen LogP contribution in [0.1, 0.15) is 29.2 Å². The monoisotopic (exact) mass is 305 g/mol. The van der Waals surface area contributed by atoms with Crippen molar-refractivity contribution < 1.29 is 0 Å². The highest BCUT2D eigenvalue weighted by Crippen LogP contribution is 2.35. The fourth-order valence-corrected chi connectivity index (χ4v) is 3.35. The van der Waals surface area contributed by atoms with Crippen LogP contribution in [0.25, 0.3) is 0 Å². The fraction of sp³-hybridized carbons (Fsp3) is 0.294. The number of hydrogen-bond donors (Lipinski definition) is 0. The molecule has 0 heterocycles. The van der Waals surface area contributed by atoms with E-state index in [2.05, 4.69) is 36.2 Å². The Morgan fingerprint density at radius 3 is 2.70 bits per heavy atom. The summed E-state index contributed by atoms with van der Waals surface area (Å²) < 4.78 is 0. The second-order valence-electron chi connectivity index (χ2n) is 5.42. The van der Waals surface area contributed by atoms with Crippen LogP contribution in [0.5, 0.6) is 0 Å². The average molecular weight is 306 g/mol. The maximum Gasteiger partial charge on any atom is 0.0595 e. The normalized spacial score (nSPS) is 17.5. The molecule has 3 heteroatoms. The summed E-state index contributed by atoms with van der Waals surface area (Å²) in [6.45, 7) is 0.885. The van der Waals surface area contributed by atoms with Crippen molar-refractivity contribution in [2.24, 2.45) is 0 Å². The second kappa shape index (κ2) is 5.77. The van der Waals surface area contributed by atoms with Crippen LogP contribution in [0.2, 0.25) is 10.0 Å². The Morgan fingerprint density at radius 2 is 1.90 bits per heavy atom. The lowest BCUT2D eigenvalue weighted by Crippen LogP contribution is -2.22. The molecule has 0 saturated heterocycles. The zero-order valence-electron chi connectivity index (χ0n) is 11.4. The molecular formula is C17H17Cl2N. The van der Waals surface area contributed by atoms with Gasteiger partial charge in [0, 0.05) is 12.6 Å². The van der Waals surface area contributed by atoms with Crippen LogP contribution >= 0.6 is 23.2 Å². The quantitative estimate of drug-likeness (QED) is 0.761. The molecule has 1 aliphatic carbocycles. The molecule has 1 unspecified atom stereocenters. The Morgan fingerprint density at radius 1 is 1.10 bits per heavy atom. The minimum Gasteiger partial charge on any atom is -0.295 e. The molecule has 1 atom stereocenters. The van der Waals surface area contributed by atoms with E-state index in [9.17, 15) is 0 Å². The zero-order chi connectivity index (χ0) is 14.1. The van der Waals surface area contributed by atoms with Crippen molar-refractivity contribution in [2.75, 3.05) is 7.05 Å². The summed E-state index contributed by atoms with van der Waals surface area (Å²) in [5.74, 6) is 0. The van der Waals surface area contributed by atoms with Crippen molar-refractivity contribution >= 4 is 23.2 Å². The van der Waals surface area contributed by atoms with Crippen molar-refractivity contribution in [3.05, 3.63) is 69.2 Å². The number of rotatable bonds is 3. The minimum absolute atomic E-state index is 0.501. The first-order chi connectivity index (χ1) is 9.65. The van der Waals surface area contributed by atoms with Crippen LogP contribution < -0.4 is 0 Å². The summed E-state index contributed by atoms with van der Waals surface area (Å²) in [4.78, 5) is 2.39. The Labute approximate surface area is 130 Å². The lowest BCUT2D eigenvalue weighted by Gasteiger charge is -2.25. The van der Waals surface area contributed by atoms with Gasteiger partial charge in [-0.15, -0.1) is 0 Å². The molecule has 0 saturated carbocycles. The number of nitrogens with zero attached hydrogens (tertiary/aromatic N) is 1. The molecule has 2 aromatic carbocycles. The van der Waals surface area contributed by atoms with E-state index in [0.717, 1.165) is 6.54 Å². The number of halogens is 2. The van der Waals surface area contributed by atoms with Crippen LogP contribution in [-0.4, -0.2) is 11.9 Å². The van der Waals surface area contributed by atoms with Gasteiger partial charge in [-0.25, -0.2) is 0 Å². The van der Waals surface area contributed by atoms with Gasteiger partial charge in [-0.2, -0.15) is 0 Å². The Bertz CT molecular complexity index is 624. The number of fused-ring (bicyclic) bond motifs is 1. The van der Waals surface area contributed by atoms with Crippen molar-refractivity contribution in [2.45, 2.75) is 25.4 Å². The maximum atomic E-state index is 6.09. The van der Waals surface area contributed by atoms with Crippen LogP contribution in [0.4, 0.5) is 0 Å². The average Bonchev–Trinajstić information content (AvgIpc) is 2.87. The van der Waals surface area contributed by atoms with Gasteiger partial charge in [-0.1, -0.05) is 53.5 Å². The third-order valence-electron chi connectivity index (χ3n) is 4.05. The second-order valence-corrected chi connectivity index (χ2v) is 6.23. The van der Waals surface area contributed by atoms with E-state index in [1.54, 1.807) is 0 Å². The first-order valence-corrected chi connectivity index (χ1v) is 7.62. The summed E-state index contributed by atoms with van der Waals surface area (Å²) in [6, 6.07) is 15.1. The standard InChI is InChI=1S/C17H17Cl2N/c1-20(11-12-6-8-15(18)16(19)10-12)17-9-7-13-4-2-3-5-14(13)17/h2-6,8,10,17H,7,9,11H2,1H3. The van der Waals surface area contributed by atoms with E-state index in [1.165, 1.54) is 29.5 Å². The number of aryl methyl sites for hydroxylation is 1. The van der Waals surface area contributed by atoms with Gasteiger partial charge in [0.15, 0.2) is 0 Å². The predicted octanol–water partition coefficient (Wildman–Crippen LogP) is 5.11. The summed E-state index contributed by atoms with van der Waals surface area (Å²) in [5.41, 5.74) is 4.15. The van der Waals surface area contributed by atoms with Crippen molar-refractivity contribution in [3.63, 3.8) is 0 Å². The Hall–Kier alpha value is -1.02. The van der Waals surface area contributed by atoms with Gasteiger partial charge in [-0.3, -0.25) is 4.90 Å². The van der Waals surface area contributed by atoms with Crippen LogP contribution in [0.3, 0.4) is 0 Å². The maximum absolute atomic E-state index is 6.09. The van der Waals surface area contributed by atoms with Gasteiger partial charge in [0.05, 0.1) is 10.0 Å². The van der Waals surface area contributed by atoms with Crippen molar-refractivity contribution in [3.8, 4) is 0 Å². The smallest absolute Gasteiger partial charge is 0.0595 e. The van der Waals surface area contributed by atoms with Gasteiger partial charge in [0.25, 0.3) is 0 Å². The van der Waals surface area contributed by atoms with E-state index in [4.69, 9.17) is 23.2 Å².